The van der Waals surface area contributed by atoms with E-state index in [0.717, 1.165) is 16.1 Å². The Labute approximate surface area is 198 Å². The number of aromatic nitrogens is 2. The molecule has 0 saturated heterocycles. The summed E-state index contributed by atoms with van der Waals surface area (Å²) in [4.78, 5) is 13.5. The van der Waals surface area contributed by atoms with E-state index in [2.05, 4.69) is 9.97 Å². The highest BCUT2D eigenvalue weighted by molar-refractivity contribution is 7.88. The normalized spacial score (nSPS) is 17.5. The van der Waals surface area contributed by atoms with Crippen molar-refractivity contribution in [1.29, 1.82) is 0 Å². The first-order chi connectivity index (χ1) is 16.1. The fourth-order valence-electron chi connectivity index (χ4n) is 3.77. The van der Waals surface area contributed by atoms with Crippen LogP contribution in [-0.4, -0.2) is 62.0 Å². The summed E-state index contributed by atoms with van der Waals surface area (Å²) in [5.41, 5.74) is 0.741. The Morgan fingerprint density at radius 3 is 2.59 bits per heavy atom. The number of benzene rings is 2. The third-order valence-electron chi connectivity index (χ3n) is 5.96. The fourth-order valence-corrected chi connectivity index (χ4v) is 4.23. The number of methoxy groups -OCH3 is 1. The molecule has 0 amide bonds. The van der Waals surface area contributed by atoms with Crippen LogP contribution >= 0.6 is 0 Å². The van der Waals surface area contributed by atoms with Crippen LogP contribution in [0.1, 0.15) is 20.3 Å². The topological polar surface area (TPSA) is 103 Å². The standard InChI is InChI=1S/C24H28N4O5S/c1-16-17-9-6-7-10-19(17)27-24(16,2)33-23-18-13-21(31-4)22(14-20(18)25-15-26-23)32-12-8-11-28(3)34(5,29)30/h6-7,9-10,13-15H,8,11-12H2,1-5H3. The lowest BCUT2D eigenvalue weighted by molar-refractivity contribution is 0.154. The van der Waals surface area contributed by atoms with Crippen LogP contribution < -0.4 is 24.8 Å². The summed E-state index contributed by atoms with van der Waals surface area (Å²) in [6.45, 7) is 4.60. The van der Waals surface area contributed by atoms with Crippen molar-refractivity contribution in [2.45, 2.75) is 26.0 Å². The number of fused-ring (bicyclic) bond motifs is 2. The maximum atomic E-state index is 11.5. The number of hydrogen-bond acceptors (Lipinski definition) is 8. The Hall–Kier alpha value is -3.24. The molecular formula is C24H28N4O5S. The molecule has 34 heavy (non-hydrogen) atoms. The molecule has 1 atom stereocenters. The van der Waals surface area contributed by atoms with Crippen LogP contribution in [-0.2, 0) is 10.0 Å². The van der Waals surface area contributed by atoms with Crippen LogP contribution in [0.4, 0.5) is 0 Å². The van der Waals surface area contributed by atoms with Gasteiger partial charge in [-0.2, -0.15) is 0 Å². The quantitative estimate of drug-likeness (QED) is 0.427. The van der Waals surface area contributed by atoms with Crippen molar-refractivity contribution >= 4 is 26.5 Å². The van der Waals surface area contributed by atoms with Crippen molar-refractivity contribution in [3.63, 3.8) is 0 Å². The van der Waals surface area contributed by atoms with E-state index in [1.165, 1.54) is 16.9 Å². The molecule has 3 aromatic rings. The van der Waals surface area contributed by atoms with E-state index in [1.807, 2.05) is 38.1 Å². The van der Waals surface area contributed by atoms with Crippen LogP contribution in [0.25, 0.3) is 16.5 Å². The van der Waals surface area contributed by atoms with Gasteiger partial charge in [-0.05, 0) is 25.5 Å². The summed E-state index contributed by atoms with van der Waals surface area (Å²) >= 11 is 0. The molecule has 0 spiro atoms. The Bertz CT molecular complexity index is 1460. The summed E-state index contributed by atoms with van der Waals surface area (Å²) in [6.07, 6.45) is 3.14. The molecular weight excluding hydrogens is 456 g/mol. The van der Waals surface area contributed by atoms with Gasteiger partial charge < -0.3 is 14.2 Å². The van der Waals surface area contributed by atoms with Gasteiger partial charge in [-0.1, -0.05) is 18.2 Å². The van der Waals surface area contributed by atoms with Crippen LogP contribution in [0.5, 0.6) is 17.4 Å². The molecule has 10 heteroatoms. The van der Waals surface area contributed by atoms with Gasteiger partial charge in [0.25, 0.3) is 0 Å². The predicted molar refractivity (Wildman–Crippen MR) is 129 cm³/mol. The number of sulfonamides is 1. The maximum absolute atomic E-state index is 11.5. The monoisotopic (exact) mass is 484 g/mol. The second kappa shape index (κ2) is 9.19. The summed E-state index contributed by atoms with van der Waals surface area (Å²) < 4.78 is 42.1. The fraction of sp³-hybridized carbons (Fsp3) is 0.375. The third kappa shape index (κ3) is 4.69. The molecule has 4 rings (SSSR count). The Balaban J connectivity index is 1.58. The summed E-state index contributed by atoms with van der Waals surface area (Å²) in [5.74, 6) is 1.40. The molecule has 180 valence electrons. The summed E-state index contributed by atoms with van der Waals surface area (Å²) in [5, 5.41) is 2.61. The van der Waals surface area contributed by atoms with Gasteiger partial charge in [0.15, 0.2) is 11.5 Å². The molecule has 9 nitrogen and oxygen atoms in total. The highest BCUT2D eigenvalue weighted by Gasteiger charge is 2.33. The van der Waals surface area contributed by atoms with E-state index in [9.17, 15) is 8.42 Å². The van der Waals surface area contributed by atoms with Gasteiger partial charge in [-0.15, -0.1) is 0 Å². The van der Waals surface area contributed by atoms with Crippen molar-refractivity contribution in [3.8, 4) is 17.4 Å². The third-order valence-corrected chi connectivity index (χ3v) is 7.27. The molecule has 0 fully saturated rings. The highest BCUT2D eigenvalue weighted by Crippen LogP contribution is 2.37. The molecule has 0 N–H and O–H groups in total. The molecule has 1 aromatic heterocycles. The lowest BCUT2D eigenvalue weighted by atomic mass is 10.1. The second-order valence-electron chi connectivity index (χ2n) is 8.32. The zero-order chi connectivity index (χ0) is 24.5. The van der Waals surface area contributed by atoms with E-state index < -0.39 is 15.7 Å². The molecule has 0 aliphatic carbocycles. The largest absolute Gasteiger partial charge is 0.493 e. The van der Waals surface area contributed by atoms with Crippen LogP contribution in [0, 0.1) is 0 Å². The molecule has 0 radical (unpaired) electrons. The smallest absolute Gasteiger partial charge is 0.227 e. The number of ether oxygens (including phenoxy) is 3. The first-order valence-corrected chi connectivity index (χ1v) is 12.7. The van der Waals surface area contributed by atoms with Crippen molar-refractivity contribution in [3.05, 3.63) is 53.3 Å². The molecule has 2 heterocycles. The lowest BCUT2D eigenvalue weighted by Crippen LogP contribution is -2.30. The van der Waals surface area contributed by atoms with Gasteiger partial charge in [-0.3, -0.25) is 0 Å². The summed E-state index contributed by atoms with van der Waals surface area (Å²) in [7, 11) is -0.124. The van der Waals surface area contributed by atoms with Gasteiger partial charge in [0.05, 0.1) is 36.2 Å². The van der Waals surface area contributed by atoms with Gasteiger partial charge >= 0.3 is 0 Å². The van der Waals surface area contributed by atoms with Gasteiger partial charge in [0, 0.05) is 37.4 Å². The van der Waals surface area contributed by atoms with Crippen LogP contribution in [0.2, 0.25) is 0 Å². The average Bonchev–Trinajstić information content (AvgIpc) is 3.05. The number of hydrogen-bond donors (Lipinski definition) is 0. The van der Waals surface area contributed by atoms with Crippen molar-refractivity contribution in [2.75, 3.05) is 33.6 Å². The first-order valence-electron chi connectivity index (χ1n) is 10.8. The van der Waals surface area contributed by atoms with Gasteiger partial charge in [0.2, 0.25) is 21.6 Å². The molecule has 1 aliphatic heterocycles. The van der Waals surface area contributed by atoms with Crippen molar-refractivity contribution in [1.82, 2.24) is 14.3 Å². The van der Waals surface area contributed by atoms with Gasteiger partial charge in [0.1, 0.15) is 6.33 Å². The maximum Gasteiger partial charge on any atom is 0.227 e. The summed E-state index contributed by atoms with van der Waals surface area (Å²) in [6, 6.07) is 11.5. The van der Waals surface area contributed by atoms with E-state index in [1.54, 1.807) is 26.3 Å². The van der Waals surface area contributed by atoms with Crippen LogP contribution in [0.3, 0.4) is 0 Å². The molecule has 0 saturated carbocycles. The minimum Gasteiger partial charge on any atom is -0.493 e. The predicted octanol–water partition coefficient (Wildman–Crippen LogP) is 1.90. The highest BCUT2D eigenvalue weighted by atomic mass is 32.2. The second-order valence-corrected chi connectivity index (χ2v) is 10.4. The Morgan fingerprint density at radius 2 is 1.88 bits per heavy atom. The number of para-hydroxylation sites is 1. The van der Waals surface area contributed by atoms with Crippen LogP contribution in [0.15, 0.2) is 47.7 Å². The molecule has 2 aromatic carbocycles. The Morgan fingerprint density at radius 1 is 1.12 bits per heavy atom. The first kappa shape index (κ1) is 23.9. The molecule has 1 aliphatic rings. The van der Waals surface area contributed by atoms with Crippen molar-refractivity contribution < 1.29 is 22.6 Å². The number of nitrogens with zero attached hydrogens (tertiary/aromatic N) is 4. The average molecular weight is 485 g/mol. The number of rotatable bonds is 9. The molecule has 1 unspecified atom stereocenters. The minimum absolute atomic E-state index is 0.319. The van der Waals surface area contributed by atoms with E-state index >= 15 is 0 Å². The van der Waals surface area contributed by atoms with E-state index in [0.29, 0.717) is 47.9 Å². The Kier molecular flexibility index (Phi) is 6.46. The van der Waals surface area contributed by atoms with E-state index in [4.69, 9.17) is 19.2 Å². The zero-order valence-electron chi connectivity index (χ0n) is 19.9. The van der Waals surface area contributed by atoms with Gasteiger partial charge in [-0.25, -0.2) is 27.7 Å². The SMILES string of the molecule is COc1cc2c(OC3(C)N=c4ccccc4=C3C)ncnc2cc1OCCCN(C)S(C)(=O)=O. The minimum atomic E-state index is -3.22. The van der Waals surface area contributed by atoms with E-state index in [-0.39, 0.29) is 0 Å². The lowest BCUT2D eigenvalue weighted by Gasteiger charge is -2.25. The zero-order valence-corrected chi connectivity index (χ0v) is 20.7. The molecule has 0 bridgehead atoms. The van der Waals surface area contributed by atoms with Crippen molar-refractivity contribution in [2.24, 2.45) is 4.99 Å².